The predicted molar refractivity (Wildman–Crippen MR) is 127 cm³/mol. The Hall–Kier alpha value is -4.38. The van der Waals surface area contributed by atoms with Crippen LogP contribution in [0.3, 0.4) is 0 Å². The minimum absolute atomic E-state index is 0.0960. The van der Waals surface area contributed by atoms with Gasteiger partial charge in [-0.15, -0.1) is 0 Å². The summed E-state index contributed by atoms with van der Waals surface area (Å²) in [4.78, 5) is 4.01. The largest absolute Gasteiger partial charge is 0.491 e. The zero-order valence-corrected chi connectivity index (χ0v) is 18.9. The van der Waals surface area contributed by atoms with Crippen LogP contribution in [0.1, 0.15) is 36.6 Å². The normalized spacial score (nSPS) is 11.2. The summed E-state index contributed by atoms with van der Waals surface area (Å²) in [6.07, 6.45) is 3.65. The molecule has 0 fully saturated rings. The second-order valence-corrected chi connectivity index (χ2v) is 7.75. The number of benzene rings is 2. The molecule has 0 atom stereocenters. The van der Waals surface area contributed by atoms with E-state index in [9.17, 15) is 5.26 Å². The van der Waals surface area contributed by atoms with Crippen LogP contribution < -0.4 is 10.2 Å². The van der Waals surface area contributed by atoms with Gasteiger partial charge in [0, 0.05) is 24.2 Å². The van der Waals surface area contributed by atoms with Gasteiger partial charge < -0.3 is 9.15 Å². The standard InChI is InChI=1S/C25H24N6O2/c1-16(2)32-23-11-10-19(12-17(23)3)24-20(15-31(30-24)21-8-6-5-7-9-21)14-27-29-25-22(13-26)28-18(4)33-25/h5-12,14-16,29H,1-4H3. The number of oxazole rings is 1. The highest BCUT2D eigenvalue weighted by atomic mass is 16.5. The Morgan fingerprint density at radius 2 is 1.97 bits per heavy atom. The van der Waals surface area contributed by atoms with Crippen molar-refractivity contribution in [2.24, 2.45) is 5.10 Å². The molecule has 33 heavy (non-hydrogen) atoms. The van der Waals surface area contributed by atoms with Crippen LogP contribution in [-0.4, -0.2) is 27.1 Å². The van der Waals surface area contributed by atoms with Crippen molar-refractivity contribution >= 4 is 12.1 Å². The number of nitrogens with zero attached hydrogens (tertiary/aromatic N) is 5. The Morgan fingerprint density at radius 1 is 1.18 bits per heavy atom. The first-order valence-electron chi connectivity index (χ1n) is 10.5. The lowest BCUT2D eigenvalue weighted by atomic mass is 10.1. The summed E-state index contributed by atoms with van der Waals surface area (Å²) in [5, 5.41) is 18.3. The zero-order chi connectivity index (χ0) is 23.4. The average molecular weight is 441 g/mol. The Balaban J connectivity index is 1.70. The Morgan fingerprint density at radius 3 is 2.67 bits per heavy atom. The number of aromatic nitrogens is 3. The van der Waals surface area contributed by atoms with E-state index < -0.39 is 0 Å². The Bertz CT molecular complexity index is 1330. The van der Waals surface area contributed by atoms with Crippen molar-refractivity contribution in [1.29, 1.82) is 5.26 Å². The van der Waals surface area contributed by atoms with Gasteiger partial charge in [-0.3, -0.25) is 0 Å². The molecule has 0 radical (unpaired) electrons. The Labute approximate surface area is 192 Å². The third-order valence-corrected chi connectivity index (χ3v) is 4.78. The van der Waals surface area contributed by atoms with E-state index >= 15 is 0 Å². The lowest BCUT2D eigenvalue weighted by molar-refractivity contribution is 0.241. The van der Waals surface area contributed by atoms with Gasteiger partial charge in [0.1, 0.15) is 17.5 Å². The molecule has 2 aromatic heterocycles. The van der Waals surface area contributed by atoms with E-state index in [0.717, 1.165) is 33.8 Å². The van der Waals surface area contributed by atoms with E-state index in [4.69, 9.17) is 14.3 Å². The van der Waals surface area contributed by atoms with Crippen LogP contribution in [0.4, 0.5) is 5.88 Å². The Kier molecular flexibility index (Phi) is 6.22. The van der Waals surface area contributed by atoms with Crippen molar-refractivity contribution in [2.75, 3.05) is 5.43 Å². The molecule has 0 amide bonds. The molecule has 8 nitrogen and oxygen atoms in total. The molecule has 0 unspecified atom stereocenters. The predicted octanol–water partition coefficient (Wildman–Crippen LogP) is 5.25. The topological polar surface area (TPSA) is 101 Å². The van der Waals surface area contributed by atoms with Crippen LogP contribution in [-0.2, 0) is 0 Å². The minimum Gasteiger partial charge on any atom is -0.491 e. The van der Waals surface area contributed by atoms with E-state index in [1.807, 2.05) is 86.3 Å². The number of rotatable bonds is 7. The van der Waals surface area contributed by atoms with Crippen LogP contribution in [0.5, 0.6) is 5.75 Å². The van der Waals surface area contributed by atoms with Crippen molar-refractivity contribution in [3.8, 4) is 28.8 Å². The van der Waals surface area contributed by atoms with E-state index in [0.29, 0.717) is 5.89 Å². The summed E-state index contributed by atoms with van der Waals surface area (Å²) in [7, 11) is 0. The fourth-order valence-corrected chi connectivity index (χ4v) is 3.34. The molecule has 0 aliphatic rings. The lowest BCUT2D eigenvalue weighted by Gasteiger charge is -2.13. The molecule has 0 spiro atoms. The van der Waals surface area contributed by atoms with Crippen LogP contribution >= 0.6 is 0 Å². The molecule has 0 saturated heterocycles. The first-order chi connectivity index (χ1) is 15.9. The smallest absolute Gasteiger partial charge is 0.252 e. The number of hydrazone groups is 1. The van der Waals surface area contributed by atoms with Crippen molar-refractivity contribution < 1.29 is 9.15 Å². The van der Waals surface area contributed by atoms with Gasteiger partial charge in [-0.05, 0) is 56.7 Å². The maximum absolute atomic E-state index is 9.19. The van der Waals surface area contributed by atoms with E-state index in [2.05, 4.69) is 15.5 Å². The van der Waals surface area contributed by atoms with Gasteiger partial charge in [-0.1, -0.05) is 18.2 Å². The lowest BCUT2D eigenvalue weighted by Crippen LogP contribution is -2.06. The number of nitrogens with one attached hydrogen (secondary N) is 1. The van der Waals surface area contributed by atoms with E-state index in [-0.39, 0.29) is 17.7 Å². The molecule has 0 aliphatic heterocycles. The van der Waals surface area contributed by atoms with Crippen LogP contribution in [0.2, 0.25) is 0 Å². The molecule has 0 bridgehead atoms. The van der Waals surface area contributed by atoms with Gasteiger partial charge in [0.15, 0.2) is 5.89 Å². The van der Waals surface area contributed by atoms with Gasteiger partial charge in [0.05, 0.1) is 18.0 Å². The highest BCUT2D eigenvalue weighted by Crippen LogP contribution is 2.28. The number of hydrogen-bond donors (Lipinski definition) is 1. The fourth-order valence-electron chi connectivity index (χ4n) is 3.34. The van der Waals surface area contributed by atoms with Crippen molar-refractivity contribution in [3.05, 3.63) is 77.4 Å². The molecule has 0 aliphatic carbocycles. The quantitative estimate of drug-likeness (QED) is 0.311. The third-order valence-electron chi connectivity index (χ3n) is 4.78. The number of para-hydroxylation sites is 1. The van der Waals surface area contributed by atoms with Gasteiger partial charge >= 0.3 is 0 Å². The van der Waals surface area contributed by atoms with E-state index in [1.165, 1.54) is 0 Å². The van der Waals surface area contributed by atoms with E-state index in [1.54, 1.807) is 13.1 Å². The summed E-state index contributed by atoms with van der Waals surface area (Å²) >= 11 is 0. The highest BCUT2D eigenvalue weighted by Gasteiger charge is 2.14. The number of aryl methyl sites for hydroxylation is 2. The summed E-state index contributed by atoms with van der Waals surface area (Å²) in [5.41, 5.74) is 7.36. The van der Waals surface area contributed by atoms with Gasteiger partial charge in [0.25, 0.3) is 5.88 Å². The second kappa shape index (κ2) is 9.40. The van der Waals surface area contributed by atoms with Crippen molar-refractivity contribution in [2.45, 2.75) is 33.8 Å². The molecular formula is C25H24N6O2. The zero-order valence-electron chi connectivity index (χ0n) is 18.9. The third kappa shape index (κ3) is 4.93. The van der Waals surface area contributed by atoms with Gasteiger partial charge in [-0.2, -0.15) is 15.5 Å². The molecular weight excluding hydrogens is 416 g/mol. The average Bonchev–Trinajstić information content (AvgIpc) is 3.39. The molecule has 8 heteroatoms. The summed E-state index contributed by atoms with van der Waals surface area (Å²) in [6.45, 7) is 7.70. The number of nitriles is 1. The minimum atomic E-state index is 0.0960. The SMILES string of the molecule is Cc1nc(C#N)c(NN=Cc2cn(-c3ccccc3)nc2-c2ccc(OC(C)C)c(C)c2)o1. The maximum atomic E-state index is 9.19. The number of ether oxygens (including phenoxy) is 1. The molecule has 2 heterocycles. The number of hydrogen-bond acceptors (Lipinski definition) is 7. The van der Waals surface area contributed by atoms with Crippen molar-refractivity contribution in [3.63, 3.8) is 0 Å². The fraction of sp³-hybridized carbons (Fsp3) is 0.200. The molecule has 4 rings (SSSR count). The molecule has 0 saturated carbocycles. The summed E-state index contributed by atoms with van der Waals surface area (Å²) < 4.78 is 13.1. The maximum Gasteiger partial charge on any atom is 0.252 e. The first-order valence-corrected chi connectivity index (χ1v) is 10.5. The van der Waals surface area contributed by atoms with Crippen LogP contribution in [0, 0.1) is 25.2 Å². The highest BCUT2D eigenvalue weighted by molar-refractivity contribution is 5.89. The van der Waals surface area contributed by atoms with Crippen LogP contribution in [0.25, 0.3) is 16.9 Å². The summed E-state index contributed by atoms with van der Waals surface area (Å²) in [5.74, 6) is 1.44. The van der Waals surface area contributed by atoms with Crippen LogP contribution in [0.15, 0.2) is 64.2 Å². The molecule has 166 valence electrons. The molecule has 2 aromatic carbocycles. The first kappa shape index (κ1) is 21.8. The van der Waals surface area contributed by atoms with Crippen molar-refractivity contribution in [1.82, 2.24) is 14.8 Å². The number of anilines is 1. The monoisotopic (exact) mass is 440 g/mol. The van der Waals surface area contributed by atoms with Gasteiger partial charge in [-0.25, -0.2) is 15.1 Å². The second-order valence-electron chi connectivity index (χ2n) is 7.75. The molecule has 4 aromatic rings. The molecule has 1 N–H and O–H groups in total. The summed E-state index contributed by atoms with van der Waals surface area (Å²) in [6, 6.07) is 17.8. The van der Waals surface area contributed by atoms with Gasteiger partial charge in [0.2, 0.25) is 5.69 Å².